The normalized spacial score (nSPS) is 11.8. The number of nitriles is 2. The summed E-state index contributed by atoms with van der Waals surface area (Å²) in [7, 11) is 0. The minimum Gasteiger partial charge on any atom is -0.489 e. The van der Waals surface area contributed by atoms with E-state index >= 15 is 0 Å². The number of allylic oxidation sites excluding steroid dienone is 1. The third kappa shape index (κ3) is 2.90. The fraction of sp³-hybridized carbons (Fsp3) is 0.333. The Morgan fingerprint density at radius 2 is 2.06 bits per heavy atom. The Morgan fingerprint density at radius 3 is 2.56 bits per heavy atom. The number of benzene rings is 1. The van der Waals surface area contributed by atoms with Crippen LogP contribution in [0.5, 0.6) is 5.75 Å². The van der Waals surface area contributed by atoms with E-state index in [0.717, 1.165) is 12.0 Å². The summed E-state index contributed by atoms with van der Waals surface area (Å²) < 4.78 is 5.79. The van der Waals surface area contributed by atoms with Gasteiger partial charge >= 0.3 is 0 Å². The van der Waals surface area contributed by atoms with Crippen molar-refractivity contribution >= 4 is 6.08 Å². The summed E-state index contributed by atoms with van der Waals surface area (Å²) in [5.41, 5.74) is 1.49. The number of ether oxygens (including phenoxy) is 1. The van der Waals surface area contributed by atoms with Gasteiger partial charge in [-0.25, -0.2) is 0 Å². The fourth-order valence-electron chi connectivity index (χ4n) is 1.53. The van der Waals surface area contributed by atoms with Gasteiger partial charge in [0.05, 0.1) is 11.7 Å². The summed E-state index contributed by atoms with van der Waals surface area (Å²) in [6, 6.07) is 7.54. The van der Waals surface area contributed by atoms with E-state index in [1.165, 1.54) is 0 Å². The van der Waals surface area contributed by atoms with Crippen LogP contribution >= 0.6 is 0 Å². The van der Waals surface area contributed by atoms with Gasteiger partial charge in [0, 0.05) is 5.56 Å². The highest BCUT2D eigenvalue weighted by atomic mass is 16.5. The summed E-state index contributed by atoms with van der Waals surface area (Å²) in [6.45, 7) is 5.86. The number of rotatable bonds is 4. The molecule has 0 fully saturated rings. The molecule has 3 nitrogen and oxygen atoms in total. The first-order chi connectivity index (χ1) is 8.67. The first kappa shape index (κ1) is 13.8. The van der Waals surface area contributed by atoms with E-state index in [4.69, 9.17) is 10.00 Å². The van der Waals surface area contributed by atoms with Crippen LogP contribution in [0.25, 0.3) is 6.08 Å². The minimum atomic E-state index is 0.00930. The van der Waals surface area contributed by atoms with Gasteiger partial charge in [-0.15, -0.1) is 0 Å². The van der Waals surface area contributed by atoms with Gasteiger partial charge in [-0.1, -0.05) is 19.1 Å². The largest absolute Gasteiger partial charge is 0.489 e. The summed E-state index contributed by atoms with van der Waals surface area (Å²) in [5.74, 6) is 0.504. The molecule has 1 atom stereocenters. The SMILES string of the molecule is CC=Cc1ccc(C#N)c(C#N)c1OC(C)CC. The lowest BCUT2D eigenvalue weighted by molar-refractivity contribution is 0.216. The Kier molecular flexibility index (Phi) is 4.96. The van der Waals surface area contributed by atoms with Crippen LogP contribution in [0.2, 0.25) is 0 Å². The Bertz CT molecular complexity index is 533. The lowest BCUT2D eigenvalue weighted by atomic mass is 10.0. The van der Waals surface area contributed by atoms with Crippen molar-refractivity contribution in [2.45, 2.75) is 33.3 Å². The molecule has 3 heteroatoms. The van der Waals surface area contributed by atoms with Crippen molar-refractivity contribution < 1.29 is 4.74 Å². The van der Waals surface area contributed by atoms with E-state index < -0.39 is 0 Å². The Hall–Kier alpha value is -2.26. The highest BCUT2D eigenvalue weighted by molar-refractivity contribution is 5.66. The van der Waals surface area contributed by atoms with Gasteiger partial charge in [-0.2, -0.15) is 10.5 Å². The maximum atomic E-state index is 9.20. The zero-order valence-corrected chi connectivity index (χ0v) is 10.9. The smallest absolute Gasteiger partial charge is 0.146 e. The average molecular weight is 240 g/mol. The first-order valence-electron chi connectivity index (χ1n) is 5.94. The fourth-order valence-corrected chi connectivity index (χ4v) is 1.53. The molecule has 0 heterocycles. The van der Waals surface area contributed by atoms with E-state index in [1.807, 2.05) is 39.0 Å². The van der Waals surface area contributed by atoms with Crippen molar-refractivity contribution in [2.24, 2.45) is 0 Å². The van der Waals surface area contributed by atoms with Gasteiger partial charge in [0.25, 0.3) is 0 Å². The molecule has 18 heavy (non-hydrogen) atoms. The monoisotopic (exact) mass is 240 g/mol. The molecule has 0 bridgehead atoms. The standard InChI is InChI=1S/C15H16N2O/c1-4-6-12-7-8-13(9-16)14(10-17)15(12)18-11(3)5-2/h4,6-8,11H,5H2,1-3H3. The average Bonchev–Trinajstić information content (AvgIpc) is 2.40. The molecule has 1 aromatic rings. The highest BCUT2D eigenvalue weighted by Gasteiger charge is 2.15. The van der Waals surface area contributed by atoms with Crippen molar-refractivity contribution in [3.05, 3.63) is 34.9 Å². The molecule has 0 N–H and O–H groups in total. The van der Waals surface area contributed by atoms with Crippen molar-refractivity contribution in [3.8, 4) is 17.9 Å². The summed E-state index contributed by atoms with van der Waals surface area (Å²) in [4.78, 5) is 0. The molecule has 1 unspecified atom stereocenters. The van der Waals surface area contributed by atoms with E-state index in [9.17, 15) is 5.26 Å². The van der Waals surface area contributed by atoms with E-state index in [0.29, 0.717) is 16.9 Å². The molecule has 1 aromatic carbocycles. The van der Waals surface area contributed by atoms with Crippen LogP contribution < -0.4 is 4.74 Å². The molecule has 0 spiro atoms. The van der Waals surface area contributed by atoms with E-state index in [-0.39, 0.29) is 6.10 Å². The lowest BCUT2D eigenvalue weighted by Gasteiger charge is -2.16. The van der Waals surface area contributed by atoms with Gasteiger partial charge in [0.2, 0.25) is 0 Å². The van der Waals surface area contributed by atoms with Crippen molar-refractivity contribution in [1.29, 1.82) is 10.5 Å². The Balaban J connectivity index is 3.40. The second kappa shape index (κ2) is 6.47. The van der Waals surface area contributed by atoms with Crippen LogP contribution in [0.15, 0.2) is 18.2 Å². The zero-order valence-electron chi connectivity index (χ0n) is 10.9. The molecule has 0 aliphatic rings. The molecule has 0 radical (unpaired) electrons. The van der Waals surface area contributed by atoms with Gasteiger partial charge in [0.15, 0.2) is 0 Å². The minimum absolute atomic E-state index is 0.00930. The molecule has 0 saturated heterocycles. The first-order valence-corrected chi connectivity index (χ1v) is 5.94. The van der Waals surface area contributed by atoms with Gasteiger partial charge in [-0.3, -0.25) is 0 Å². The number of hydrogen-bond donors (Lipinski definition) is 0. The van der Waals surface area contributed by atoms with E-state index in [1.54, 1.807) is 12.1 Å². The number of nitrogens with zero attached hydrogens (tertiary/aromatic N) is 2. The van der Waals surface area contributed by atoms with Crippen LogP contribution in [0.3, 0.4) is 0 Å². The second-order valence-corrected chi connectivity index (χ2v) is 3.97. The van der Waals surface area contributed by atoms with Gasteiger partial charge < -0.3 is 4.74 Å². The molecule has 0 aromatic heterocycles. The summed E-state index contributed by atoms with van der Waals surface area (Å²) in [5, 5.41) is 18.2. The quantitative estimate of drug-likeness (QED) is 0.807. The Labute approximate surface area is 108 Å². The highest BCUT2D eigenvalue weighted by Crippen LogP contribution is 2.29. The molecule has 92 valence electrons. The molecule has 0 aliphatic carbocycles. The molecular weight excluding hydrogens is 224 g/mol. The zero-order chi connectivity index (χ0) is 13.5. The predicted octanol–water partition coefficient (Wildman–Crippen LogP) is 3.64. The second-order valence-electron chi connectivity index (χ2n) is 3.97. The van der Waals surface area contributed by atoms with Gasteiger partial charge in [-0.05, 0) is 32.4 Å². The van der Waals surface area contributed by atoms with Crippen molar-refractivity contribution in [1.82, 2.24) is 0 Å². The topological polar surface area (TPSA) is 56.8 Å². The predicted molar refractivity (Wildman–Crippen MR) is 71.0 cm³/mol. The third-order valence-corrected chi connectivity index (χ3v) is 2.66. The molecular formula is C15H16N2O. The van der Waals surface area contributed by atoms with Crippen LogP contribution in [-0.4, -0.2) is 6.10 Å². The van der Waals surface area contributed by atoms with E-state index in [2.05, 4.69) is 6.07 Å². The van der Waals surface area contributed by atoms with Gasteiger partial charge in [0.1, 0.15) is 23.5 Å². The molecule has 0 amide bonds. The van der Waals surface area contributed by atoms with Crippen molar-refractivity contribution in [3.63, 3.8) is 0 Å². The number of hydrogen-bond acceptors (Lipinski definition) is 3. The van der Waals surface area contributed by atoms with Crippen molar-refractivity contribution in [2.75, 3.05) is 0 Å². The summed E-state index contributed by atoms with van der Waals surface area (Å²) >= 11 is 0. The maximum absolute atomic E-state index is 9.20. The third-order valence-electron chi connectivity index (χ3n) is 2.66. The molecule has 0 aliphatic heterocycles. The molecule has 1 rings (SSSR count). The van der Waals surface area contributed by atoms with Crippen LogP contribution in [-0.2, 0) is 0 Å². The Morgan fingerprint density at radius 1 is 1.33 bits per heavy atom. The molecule has 0 saturated carbocycles. The van der Waals surface area contributed by atoms with Crippen LogP contribution in [0.1, 0.15) is 43.9 Å². The maximum Gasteiger partial charge on any atom is 0.146 e. The summed E-state index contributed by atoms with van der Waals surface area (Å²) in [6.07, 6.45) is 4.61. The van der Waals surface area contributed by atoms with Crippen LogP contribution in [0, 0.1) is 22.7 Å². The lowest BCUT2D eigenvalue weighted by Crippen LogP contribution is -2.12. The van der Waals surface area contributed by atoms with Crippen LogP contribution in [0.4, 0.5) is 0 Å².